The molecule has 0 radical (unpaired) electrons. The Bertz CT molecular complexity index is 543. The summed E-state index contributed by atoms with van der Waals surface area (Å²) in [5.41, 5.74) is 0.398. The first kappa shape index (κ1) is 13.8. The maximum atomic E-state index is 12.9. The Balaban J connectivity index is 1.80. The van der Waals surface area contributed by atoms with Gasteiger partial charge in [0.25, 0.3) is 0 Å². The van der Waals surface area contributed by atoms with Crippen molar-refractivity contribution >= 4 is 21.6 Å². The van der Waals surface area contributed by atoms with Crippen LogP contribution in [0.15, 0.2) is 46.9 Å². The molecule has 5 heteroatoms. The van der Waals surface area contributed by atoms with Crippen molar-refractivity contribution < 1.29 is 13.5 Å². The zero-order valence-corrected chi connectivity index (χ0v) is 11.6. The maximum Gasteiger partial charge on any atom is 0.128 e. The molecule has 100 valence electrons. The third-order valence-electron chi connectivity index (χ3n) is 2.36. The van der Waals surface area contributed by atoms with E-state index >= 15 is 0 Å². The summed E-state index contributed by atoms with van der Waals surface area (Å²) in [6.07, 6.45) is 0. The molecule has 0 atom stereocenters. The van der Waals surface area contributed by atoms with Gasteiger partial charge in [0, 0.05) is 22.8 Å². The fourth-order valence-electron chi connectivity index (χ4n) is 1.58. The van der Waals surface area contributed by atoms with Crippen molar-refractivity contribution in [1.82, 2.24) is 0 Å². The Morgan fingerprint density at radius 2 is 1.79 bits per heavy atom. The molecule has 0 fully saturated rings. The summed E-state index contributed by atoms with van der Waals surface area (Å²) in [6.45, 7) is 0.851. The van der Waals surface area contributed by atoms with Crippen LogP contribution >= 0.6 is 15.9 Å². The van der Waals surface area contributed by atoms with E-state index in [1.54, 1.807) is 0 Å². The molecule has 0 saturated carbocycles. The van der Waals surface area contributed by atoms with Gasteiger partial charge < -0.3 is 10.1 Å². The molecule has 0 aliphatic heterocycles. The Morgan fingerprint density at radius 1 is 1.05 bits per heavy atom. The fraction of sp³-hybridized carbons (Fsp3) is 0.143. The van der Waals surface area contributed by atoms with E-state index in [1.165, 1.54) is 12.1 Å². The van der Waals surface area contributed by atoms with E-state index in [4.69, 9.17) is 4.74 Å². The maximum absolute atomic E-state index is 12.9. The van der Waals surface area contributed by atoms with Crippen molar-refractivity contribution in [3.05, 3.63) is 58.6 Å². The monoisotopic (exact) mass is 327 g/mol. The zero-order chi connectivity index (χ0) is 13.7. The molecule has 2 aromatic rings. The topological polar surface area (TPSA) is 21.3 Å². The van der Waals surface area contributed by atoms with Gasteiger partial charge in [-0.2, -0.15) is 0 Å². The number of nitrogens with one attached hydrogen (secondary N) is 1. The average molecular weight is 328 g/mol. The summed E-state index contributed by atoms with van der Waals surface area (Å²) in [5, 5.41) is 2.89. The first-order valence-electron chi connectivity index (χ1n) is 5.72. The average Bonchev–Trinajstić information content (AvgIpc) is 2.34. The molecular formula is C14H12BrF2NO. The van der Waals surface area contributed by atoms with Crippen LogP contribution in [0.2, 0.25) is 0 Å². The molecule has 0 unspecified atom stereocenters. The molecule has 0 saturated heterocycles. The summed E-state index contributed by atoms with van der Waals surface area (Å²) in [5.74, 6) is -0.465. The highest BCUT2D eigenvalue weighted by molar-refractivity contribution is 9.10. The van der Waals surface area contributed by atoms with E-state index < -0.39 is 11.6 Å². The first-order valence-corrected chi connectivity index (χ1v) is 6.51. The van der Waals surface area contributed by atoms with Gasteiger partial charge in [-0.1, -0.05) is 22.0 Å². The third-order valence-corrected chi connectivity index (χ3v) is 2.85. The number of rotatable bonds is 5. The number of hydrogen-bond acceptors (Lipinski definition) is 2. The number of ether oxygens (including phenoxy) is 1. The smallest absolute Gasteiger partial charge is 0.128 e. The summed E-state index contributed by atoms with van der Waals surface area (Å²) < 4.78 is 32.3. The van der Waals surface area contributed by atoms with Gasteiger partial charge in [0.2, 0.25) is 0 Å². The van der Waals surface area contributed by atoms with Gasteiger partial charge in [0.1, 0.15) is 24.0 Å². The van der Waals surface area contributed by atoms with E-state index in [2.05, 4.69) is 21.2 Å². The lowest BCUT2D eigenvalue weighted by Gasteiger charge is -2.09. The van der Waals surface area contributed by atoms with Gasteiger partial charge in [-0.15, -0.1) is 0 Å². The van der Waals surface area contributed by atoms with Crippen LogP contribution in [0.5, 0.6) is 5.75 Å². The molecule has 2 nitrogen and oxygen atoms in total. The van der Waals surface area contributed by atoms with E-state index in [9.17, 15) is 8.78 Å². The van der Waals surface area contributed by atoms with Crippen molar-refractivity contribution in [1.29, 1.82) is 0 Å². The third kappa shape index (κ3) is 4.52. The van der Waals surface area contributed by atoms with E-state index in [-0.39, 0.29) is 0 Å². The second-order valence-electron chi connectivity index (χ2n) is 3.89. The van der Waals surface area contributed by atoms with Crippen molar-refractivity contribution in [2.75, 3.05) is 18.5 Å². The highest BCUT2D eigenvalue weighted by Gasteiger charge is 2.00. The molecule has 2 aromatic carbocycles. The molecule has 0 aliphatic carbocycles. The second-order valence-corrected chi connectivity index (χ2v) is 4.81. The zero-order valence-electron chi connectivity index (χ0n) is 10.00. The highest BCUT2D eigenvalue weighted by Crippen LogP contribution is 2.17. The van der Waals surface area contributed by atoms with Gasteiger partial charge in [0.15, 0.2) is 0 Å². The van der Waals surface area contributed by atoms with E-state index in [0.717, 1.165) is 16.3 Å². The van der Waals surface area contributed by atoms with Crippen molar-refractivity contribution in [3.8, 4) is 5.75 Å². The van der Waals surface area contributed by atoms with E-state index in [1.807, 2.05) is 24.3 Å². The van der Waals surface area contributed by atoms with Gasteiger partial charge in [-0.25, -0.2) is 8.78 Å². The van der Waals surface area contributed by atoms with Gasteiger partial charge in [-0.05, 0) is 30.3 Å². The van der Waals surface area contributed by atoms with Crippen LogP contribution in [0.25, 0.3) is 0 Å². The molecule has 0 heterocycles. The predicted octanol–water partition coefficient (Wildman–Crippen LogP) is 4.22. The lowest BCUT2D eigenvalue weighted by molar-refractivity contribution is 0.332. The number of hydrogen-bond donors (Lipinski definition) is 1. The molecular weight excluding hydrogens is 316 g/mol. The normalized spacial score (nSPS) is 10.3. The van der Waals surface area contributed by atoms with Crippen LogP contribution in [0.1, 0.15) is 0 Å². The van der Waals surface area contributed by atoms with Gasteiger partial charge in [-0.3, -0.25) is 0 Å². The first-order chi connectivity index (χ1) is 9.13. The summed E-state index contributed by atoms with van der Waals surface area (Å²) >= 11 is 3.34. The largest absolute Gasteiger partial charge is 0.492 e. The molecule has 0 amide bonds. The minimum absolute atomic E-state index is 0.397. The molecule has 0 aliphatic rings. The van der Waals surface area contributed by atoms with Crippen molar-refractivity contribution in [2.45, 2.75) is 0 Å². The number of anilines is 1. The molecule has 0 aromatic heterocycles. The standard InChI is InChI=1S/C14H12BrF2NO/c15-10-2-1-3-14(6-10)19-5-4-18-13-8-11(16)7-12(17)9-13/h1-3,6-9,18H,4-5H2. The fourth-order valence-corrected chi connectivity index (χ4v) is 1.96. The Hall–Kier alpha value is -1.62. The Kier molecular flexibility index (Phi) is 4.74. The van der Waals surface area contributed by atoms with Crippen LogP contribution in [0, 0.1) is 11.6 Å². The summed E-state index contributed by atoms with van der Waals surface area (Å²) in [7, 11) is 0. The van der Waals surface area contributed by atoms with Crippen LogP contribution < -0.4 is 10.1 Å². The van der Waals surface area contributed by atoms with Gasteiger partial charge in [0.05, 0.1) is 0 Å². The lowest BCUT2D eigenvalue weighted by Crippen LogP contribution is -2.11. The van der Waals surface area contributed by atoms with Crippen LogP contribution in [0.4, 0.5) is 14.5 Å². The second kappa shape index (κ2) is 6.52. The minimum Gasteiger partial charge on any atom is -0.492 e. The van der Waals surface area contributed by atoms with Crippen LogP contribution in [-0.2, 0) is 0 Å². The molecule has 0 bridgehead atoms. The highest BCUT2D eigenvalue weighted by atomic mass is 79.9. The molecule has 19 heavy (non-hydrogen) atoms. The van der Waals surface area contributed by atoms with Crippen LogP contribution in [-0.4, -0.2) is 13.2 Å². The molecule has 2 rings (SSSR count). The Morgan fingerprint density at radius 3 is 2.47 bits per heavy atom. The molecule has 1 N–H and O–H groups in total. The van der Waals surface area contributed by atoms with Crippen LogP contribution in [0.3, 0.4) is 0 Å². The van der Waals surface area contributed by atoms with Crippen molar-refractivity contribution in [2.24, 2.45) is 0 Å². The summed E-state index contributed by atoms with van der Waals surface area (Å²) in [4.78, 5) is 0. The summed E-state index contributed by atoms with van der Waals surface area (Å²) in [6, 6.07) is 10.8. The minimum atomic E-state index is -0.601. The molecule has 0 spiro atoms. The number of halogens is 3. The SMILES string of the molecule is Fc1cc(F)cc(NCCOc2cccc(Br)c2)c1. The Labute approximate surface area is 118 Å². The van der Waals surface area contributed by atoms with E-state index in [0.29, 0.717) is 18.8 Å². The quantitative estimate of drug-likeness (QED) is 0.830. The lowest BCUT2D eigenvalue weighted by atomic mass is 10.3. The van der Waals surface area contributed by atoms with Gasteiger partial charge >= 0.3 is 0 Å². The van der Waals surface area contributed by atoms with Crippen molar-refractivity contribution in [3.63, 3.8) is 0 Å². The number of benzene rings is 2. The predicted molar refractivity (Wildman–Crippen MR) is 74.5 cm³/mol.